The lowest BCUT2D eigenvalue weighted by Gasteiger charge is -2.11. The smallest absolute Gasteiger partial charge is 0.268 e. The van der Waals surface area contributed by atoms with Crippen LogP contribution in [0.2, 0.25) is 0 Å². The summed E-state index contributed by atoms with van der Waals surface area (Å²) in [6, 6.07) is 3.81. The number of rotatable bonds is 6. The third-order valence-corrected chi connectivity index (χ3v) is 3.20. The first-order valence-corrected chi connectivity index (χ1v) is 7.44. The molecule has 0 aliphatic heterocycles. The van der Waals surface area contributed by atoms with Gasteiger partial charge >= 0.3 is 0 Å². The van der Waals surface area contributed by atoms with E-state index in [9.17, 15) is 4.79 Å². The van der Waals surface area contributed by atoms with Gasteiger partial charge in [-0.15, -0.1) is 0 Å². The summed E-state index contributed by atoms with van der Waals surface area (Å²) < 4.78 is 1.58. The zero-order valence-corrected chi connectivity index (χ0v) is 12.9. The molecule has 0 saturated carbocycles. The summed E-state index contributed by atoms with van der Waals surface area (Å²) in [5.74, 6) is 0.621. The molecule has 0 atom stereocenters. The van der Waals surface area contributed by atoms with Crippen molar-refractivity contribution in [2.24, 2.45) is 4.99 Å². The van der Waals surface area contributed by atoms with E-state index in [1.165, 1.54) is 0 Å². The predicted molar refractivity (Wildman–Crippen MR) is 87.7 cm³/mol. The number of aliphatic imine (C=N–C) groups is 1. The highest BCUT2D eigenvalue weighted by Crippen LogP contribution is 2.12. The van der Waals surface area contributed by atoms with Gasteiger partial charge in [0.15, 0.2) is 0 Å². The standard InChI is InChI=1S/C16H22N4O/c1-4-8-17-11-13-14(18-9-5-2)19-15-12(3)7-6-10-20(15)16(13)21/h6-7,10-11,18H,4-5,8-9H2,1-3H3. The van der Waals surface area contributed by atoms with Gasteiger partial charge in [-0.25, -0.2) is 4.98 Å². The number of anilines is 1. The maximum absolute atomic E-state index is 12.7. The summed E-state index contributed by atoms with van der Waals surface area (Å²) in [7, 11) is 0. The molecule has 0 bridgehead atoms. The first-order chi connectivity index (χ1) is 10.2. The Hall–Kier alpha value is -2.17. The molecule has 0 unspecified atom stereocenters. The summed E-state index contributed by atoms with van der Waals surface area (Å²) in [6.45, 7) is 7.59. The summed E-state index contributed by atoms with van der Waals surface area (Å²) >= 11 is 0. The molecule has 112 valence electrons. The van der Waals surface area contributed by atoms with Crippen LogP contribution >= 0.6 is 0 Å². The maximum Gasteiger partial charge on any atom is 0.268 e. The molecule has 0 amide bonds. The van der Waals surface area contributed by atoms with Crippen LogP contribution in [0.5, 0.6) is 0 Å². The van der Waals surface area contributed by atoms with Gasteiger partial charge in [0.1, 0.15) is 17.0 Å². The molecule has 2 aromatic heterocycles. The highest BCUT2D eigenvalue weighted by molar-refractivity contribution is 5.86. The minimum atomic E-state index is -0.0813. The SMILES string of the molecule is CCCN=Cc1c(NCCC)nc2c(C)cccn2c1=O. The van der Waals surface area contributed by atoms with Gasteiger partial charge in [0.2, 0.25) is 0 Å². The van der Waals surface area contributed by atoms with E-state index in [2.05, 4.69) is 29.1 Å². The average molecular weight is 286 g/mol. The second-order valence-corrected chi connectivity index (χ2v) is 5.03. The van der Waals surface area contributed by atoms with Crippen LogP contribution in [-0.4, -0.2) is 28.7 Å². The molecule has 0 aliphatic carbocycles. The van der Waals surface area contributed by atoms with E-state index in [1.54, 1.807) is 16.8 Å². The molecule has 2 heterocycles. The number of nitrogens with one attached hydrogen (secondary N) is 1. The van der Waals surface area contributed by atoms with E-state index < -0.39 is 0 Å². The normalized spacial score (nSPS) is 11.4. The molecular formula is C16H22N4O. The molecular weight excluding hydrogens is 264 g/mol. The van der Waals surface area contributed by atoms with E-state index in [-0.39, 0.29) is 5.56 Å². The predicted octanol–water partition coefficient (Wildman–Crippen LogP) is 2.65. The van der Waals surface area contributed by atoms with Crippen molar-refractivity contribution >= 4 is 17.7 Å². The van der Waals surface area contributed by atoms with E-state index in [0.717, 1.165) is 24.9 Å². The van der Waals surface area contributed by atoms with Gasteiger partial charge in [0.25, 0.3) is 5.56 Å². The third kappa shape index (κ3) is 3.29. The highest BCUT2D eigenvalue weighted by atomic mass is 16.1. The van der Waals surface area contributed by atoms with Gasteiger partial charge in [-0.1, -0.05) is 19.9 Å². The van der Waals surface area contributed by atoms with Crippen molar-refractivity contribution in [1.29, 1.82) is 0 Å². The van der Waals surface area contributed by atoms with Crippen molar-refractivity contribution in [3.05, 3.63) is 39.8 Å². The molecule has 0 saturated heterocycles. The van der Waals surface area contributed by atoms with Crippen LogP contribution in [0.1, 0.15) is 37.8 Å². The summed E-state index contributed by atoms with van der Waals surface area (Å²) in [4.78, 5) is 21.6. The van der Waals surface area contributed by atoms with Crippen LogP contribution in [0.15, 0.2) is 28.1 Å². The second-order valence-electron chi connectivity index (χ2n) is 5.03. The molecule has 2 aromatic rings. The Bertz CT molecular complexity index is 703. The van der Waals surface area contributed by atoms with Crippen LogP contribution in [0.25, 0.3) is 5.65 Å². The fourth-order valence-corrected chi connectivity index (χ4v) is 2.09. The van der Waals surface area contributed by atoms with Gasteiger partial charge in [0.05, 0.1) is 0 Å². The lowest BCUT2D eigenvalue weighted by Crippen LogP contribution is -2.23. The van der Waals surface area contributed by atoms with Crippen LogP contribution in [0.3, 0.4) is 0 Å². The number of hydrogen-bond acceptors (Lipinski definition) is 4. The average Bonchev–Trinajstić information content (AvgIpc) is 2.49. The van der Waals surface area contributed by atoms with Crippen LogP contribution < -0.4 is 10.9 Å². The fraction of sp³-hybridized carbons (Fsp3) is 0.438. The second kappa shape index (κ2) is 7.02. The Morgan fingerprint density at radius 2 is 2.19 bits per heavy atom. The van der Waals surface area contributed by atoms with Gasteiger partial charge < -0.3 is 5.32 Å². The van der Waals surface area contributed by atoms with Crippen LogP contribution in [-0.2, 0) is 0 Å². The summed E-state index contributed by atoms with van der Waals surface area (Å²) in [5.41, 5.74) is 2.11. The van der Waals surface area contributed by atoms with Crippen LogP contribution in [0.4, 0.5) is 5.82 Å². The maximum atomic E-state index is 12.7. The molecule has 0 radical (unpaired) electrons. The molecule has 2 rings (SSSR count). The van der Waals surface area contributed by atoms with Crippen molar-refractivity contribution in [3.8, 4) is 0 Å². The summed E-state index contributed by atoms with van der Waals surface area (Å²) in [5, 5.41) is 3.23. The fourth-order valence-electron chi connectivity index (χ4n) is 2.09. The minimum Gasteiger partial charge on any atom is -0.369 e. The van der Waals surface area contributed by atoms with Crippen molar-refractivity contribution < 1.29 is 0 Å². The van der Waals surface area contributed by atoms with E-state index >= 15 is 0 Å². The van der Waals surface area contributed by atoms with Crippen molar-refractivity contribution in [2.75, 3.05) is 18.4 Å². The molecule has 0 aromatic carbocycles. The molecule has 5 nitrogen and oxygen atoms in total. The number of aromatic nitrogens is 2. The van der Waals surface area contributed by atoms with Crippen molar-refractivity contribution in [1.82, 2.24) is 9.38 Å². The first kappa shape index (κ1) is 15.2. The first-order valence-electron chi connectivity index (χ1n) is 7.44. The monoisotopic (exact) mass is 286 g/mol. The Kier molecular flexibility index (Phi) is 5.09. The summed E-state index contributed by atoms with van der Waals surface area (Å²) in [6.07, 6.45) is 5.32. The highest BCUT2D eigenvalue weighted by Gasteiger charge is 2.11. The number of aryl methyl sites for hydroxylation is 1. The molecule has 21 heavy (non-hydrogen) atoms. The Morgan fingerprint density at radius 3 is 2.90 bits per heavy atom. The van der Waals surface area contributed by atoms with E-state index in [0.29, 0.717) is 23.6 Å². The molecule has 0 aliphatic rings. The van der Waals surface area contributed by atoms with E-state index in [1.807, 2.05) is 19.1 Å². The molecule has 5 heteroatoms. The van der Waals surface area contributed by atoms with Crippen molar-refractivity contribution in [3.63, 3.8) is 0 Å². The number of pyridine rings is 1. The number of fused-ring (bicyclic) bond motifs is 1. The lowest BCUT2D eigenvalue weighted by molar-refractivity contribution is 0.933. The Labute approximate surface area is 124 Å². The molecule has 0 spiro atoms. The lowest BCUT2D eigenvalue weighted by atomic mass is 10.2. The van der Waals surface area contributed by atoms with Crippen LogP contribution in [0, 0.1) is 6.92 Å². The molecule has 1 N–H and O–H groups in total. The van der Waals surface area contributed by atoms with Crippen molar-refractivity contribution in [2.45, 2.75) is 33.6 Å². The minimum absolute atomic E-state index is 0.0813. The largest absolute Gasteiger partial charge is 0.369 e. The number of nitrogens with zero attached hydrogens (tertiary/aromatic N) is 3. The van der Waals surface area contributed by atoms with Gasteiger partial charge in [-0.2, -0.15) is 0 Å². The Morgan fingerprint density at radius 1 is 1.38 bits per heavy atom. The zero-order chi connectivity index (χ0) is 15.2. The van der Waals surface area contributed by atoms with Gasteiger partial charge in [0, 0.05) is 25.5 Å². The third-order valence-electron chi connectivity index (χ3n) is 3.20. The topological polar surface area (TPSA) is 58.8 Å². The quantitative estimate of drug-likeness (QED) is 0.831. The van der Waals surface area contributed by atoms with Gasteiger partial charge in [-0.05, 0) is 31.4 Å². The Balaban J connectivity index is 2.62. The number of hydrogen-bond donors (Lipinski definition) is 1. The van der Waals surface area contributed by atoms with Gasteiger partial charge in [-0.3, -0.25) is 14.2 Å². The zero-order valence-electron chi connectivity index (χ0n) is 12.9. The van der Waals surface area contributed by atoms with E-state index in [4.69, 9.17) is 0 Å². The molecule has 0 fully saturated rings.